The van der Waals surface area contributed by atoms with E-state index in [1.165, 1.54) is 12.1 Å². The molecule has 0 saturated heterocycles. The van der Waals surface area contributed by atoms with Crippen LogP contribution in [0.15, 0.2) is 36.4 Å². The molecular formula is C13H9ClN4O. The summed E-state index contributed by atoms with van der Waals surface area (Å²) in [6, 6.07) is 11.6. The second kappa shape index (κ2) is 5.38. The highest BCUT2D eigenvalue weighted by molar-refractivity contribution is 6.34. The van der Waals surface area contributed by atoms with Crippen LogP contribution in [0.2, 0.25) is 5.02 Å². The Morgan fingerprint density at radius 1 is 1.32 bits per heavy atom. The van der Waals surface area contributed by atoms with E-state index in [1.807, 2.05) is 6.07 Å². The summed E-state index contributed by atoms with van der Waals surface area (Å²) < 4.78 is 0. The topological polar surface area (TPSA) is 91.8 Å². The number of aromatic nitrogens is 1. The van der Waals surface area contributed by atoms with Crippen molar-refractivity contribution in [2.45, 2.75) is 0 Å². The minimum absolute atomic E-state index is 0.0226. The molecule has 2 aromatic rings. The van der Waals surface area contributed by atoms with E-state index in [2.05, 4.69) is 10.3 Å². The summed E-state index contributed by atoms with van der Waals surface area (Å²) in [6.07, 6.45) is 0. The Balaban J connectivity index is 2.31. The summed E-state index contributed by atoms with van der Waals surface area (Å²) in [5.74, 6) is -0.317. The summed E-state index contributed by atoms with van der Waals surface area (Å²) in [6.45, 7) is 0. The molecule has 0 aliphatic rings. The van der Waals surface area contributed by atoms with Crippen molar-refractivity contribution >= 4 is 29.0 Å². The molecule has 6 heteroatoms. The molecule has 94 valence electrons. The Morgan fingerprint density at radius 2 is 2.05 bits per heavy atom. The zero-order valence-electron chi connectivity index (χ0n) is 9.72. The zero-order valence-corrected chi connectivity index (χ0v) is 10.5. The number of nitriles is 1. The lowest BCUT2D eigenvalue weighted by molar-refractivity contribution is 0.102. The summed E-state index contributed by atoms with van der Waals surface area (Å²) in [7, 11) is 0. The Labute approximate surface area is 114 Å². The van der Waals surface area contributed by atoms with Gasteiger partial charge in [-0.25, -0.2) is 4.98 Å². The predicted molar refractivity (Wildman–Crippen MR) is 72.8 cm³/mol. The SMILES string of the molecule is N#Cc1ccccc1NC(=O)c1nc(N)ccc1Cl. The van der Waals surface area contributed by atoms with Gasteiger partial charge in [0.15, 0.2) is 0 Å². The molecule has 1 aromatic heterocycles. The normalized spacial score (nSPS) is 9.68. The molecule has 5 nitrogen and oxygen atoms in total. The lowest BCUT2D eigenvalue weighted by atomic mass is 10.2. The molecule has 0 aliphatic carbocycles. The van der Waals surface area contributed by atoms with E-state index in [0.717, 1.165) is 0 Å². The van der Waals surface area contributed by atoms with Gasteiger partial charge in [-0.05, 0) is 24.3 Å². The summed E-state index contributed by atoms with van der Waals surface area (Å²) in [5, 5.41) is 11.7. The van der Waals surface area contributed by atoms with Gasteiger partial charge >= 0.3 is 0 Å². The highest BCUT2D eigenvalue weighted by atomic mass is 35.5. The van der Waals surface area contributed by atoms with Crippen molar-refractivity contribution in [3.05, 3.63) is 52.7 Å². The maximum Gasteiger partial charge on any atom is 0.275 e. The Hall–Kier alpha value is -2.58. The van der Waals surface area contributed by atoms with Gasteiger partial charge in [-0.3, -0.25) is 4.79 Å². The van der Waals surface area contributed by atoms with Crippen molar-refractivity contribution in [3.63, 3.8) is 0 Å². The molecular weight excluding hydrogens is 264 g/mol. The number of halogens is 1. The predicted octanol–water partition coefficient (Wildman–Crippen LogP) is 2.44. The van der Waals surface area contributed by atoms with Crippen molar-refractivity contribution in [1.82, 2.24) is 4.98 Å². The minimum atomic E-state index is -0.514. The van der Waals surface area contributed by atoms with E-state index in [-0.39, 0.29) is 16.5 Å². The van der Waals surface area contributed by atoms with Gasteiger partial charge in [-0.1, -0.05) is 23.7 Å². The third kappa shape index (κ3) is 2.81. The number of nitrogens with one attached hydrogen (secondary N) is 1. The molecule has 19 heavy (non-hydrogen) atoms. The molecule has 3 N–H and O–H groups in total. The van der Waals surface area contributed by atoms with E-state index >= 15 is 0 Å². The van der Waals surface area contributed by atoms with Crippen LogP contribution in [-0.2, 0) is 0 Å². The fourth-order valence-corrected chi connectivity index (χ4v) is 1.68. The summed E-state index contributed by atoms with van der Waals surface area (Å²) in [4.78, 5) is 15.9. The maximum atomic E-state index is 12.0. The van der Waals surface area contributed by atoms with Crippen molar-refractivity contribution in [3.8, 4) is 6.07 Å². The van der Waals surface area contributed by atoms with Gasteiger partial charge in [-0.2, -0.15) is 5.26 Å². The largest absolute Gasteiger partial charge is 0.384 e. The monoisotopic (exact) mass is 272 g/mol. The Morgan fingerprint density at radius 3 is 2.79 bits per heavy atom. The number of amides is 1. The number of carbonyl (C=O) groups excluding carboxylic acids is 1. The second-order valence-electron chi connectivity index (χ2n) is 3.68. The van der Waals surface area contributed by atoms with Gasteiger partial charge in [0.2, 0.25) is 0 Å². The zero-order chi connectivity index (χ0) is 13.8. The average molecular weight is 273 g/mol. The Kier molecular flexibility index (Phi) is 3.64. The van der Waals surface area contributed by atoms with E-state index in [1.54, 1.807) is 24.3 Å². The molecule has 0 radical (unpaired) electrons. The van der Waals surface area contributed by atoms with E-state index in [9.17, 15) is 4.79 Å². The number of nitrogens with two attached hydrogens (primary N) is 1. The van der Waals surface area contributed by atoms with Crippen molar-refractivity contribution in [2.24, 2.45) is 0 Å². The molecule has 0 spiro atoms. The van der Waals surface area contributed by atoms with Crippen LogP contribution < -0.4 is 11.1 Å². The van der Waals surface area contributed by atoms with Crippen LogP contribution >= 0.6 is 11.6 Å². The smallest absolute Gasteiger partial charge is 0.275 e. The first-order valence-electron chi connectivity index (χ1n) is 5.34. The number of nitrogen functional groups attached to an aromatic ring is 1. The van der Waals surface area contributed by atoms with Gasteiger partial charge < -0.3 is 11.1 Å². The third-order valence-electron chi connectivity index (χ3n) is 2.38. The van der Waals surface area contributed by atoms with Crippen LogP contribution in [0.25, 0.3) is 0 Å². The van der Waals surface area contributed by atoms with Gasteiger partial charge in [0, 0.05) is 0 Å². The van der Waals surface area contributed by atoms with Gasteiger partial charge in [0.1, 0.15) is 17.6 Å². The summed E-state index contributed by atoms with van der Waals surface area (Å²) in [5.41, 5.74) is 6.29. The van der Waals surface area contributed by atoms with Crippen LogP contribution in [-0.4, -0.2) is 10.9 Å². The lowest BCUT2D eigenvalue weighted by Crippen LogP contribution is -2.15. The van der Waals surface area contributed by atoms with Gasteiger partial charge in [0.05, 0.1) is 16.3 Å². The standard InChI is InChI=1S/C13H9ClN4O/c14-9-5-6-11(16)18-12(9)13(19)17-10-4-2-1-3-8(10)7-15/h1-6H,(H2,16,18)(H,17,19). The van der Waals surface area contributed by atoms with Gasteiger partial charge in [-0.15, -0.1) is 0 Å². The Bertz CT molecular complexity index is 679. The molecule has 0 fully saturated rings. The number of hydrogen-bond acceptors (Lipinski definition) is 4. The molecule has 0 aliphatic heterocycles. The van der Waals surface area contributed by atoms with E-state index in [0.29, 0.717) is 11.3 Å². The number of anilines is 2. The quantitative estimate of drug-likeness (QED) is 0.878. The third-order valence-corrected chi connectivity index (χ3v) is 2.68. The molecule has 1 aromatic carbocycles. The number of carbonyl (C=O) groups is 1. The van der Waals surface area contributed by atoms with Crippen LogP contribution in [0.1, 0.15) is 16.1 Å². The van der Waals surface area contributed by atoms with Crippen LogP contribution in [0.5, 0.6) is 0 Å². The minimum Gasteiger partial charge on any atom is -0.384 e. The maximum absolute atomic E-state index is 12.0. The first-order valence-corrected chi connectivity index (χ1v) is 5.72. The van der Waals surface area contributed by atoms with Gasteiger partial charge in [0.25, 0.3) is 5.91 Å². The average Bonchev–Trinajstić information content (AvgIpc) is 2.42. The number of rotatable bonds is 2. The van der Waals surface area contributed by atoms with Crippen molar-refractivity contribution < 1.29 is 4.79 Å². The fourth-order valence-electron chi connectivity index (χ4n) is 1.49. The number of para-hydroxylation sites is 1. The highest BCUT2D eigenvalue weighted by Gasteiger charge is 2.14. The van der Waals surface area contributed by atoms with E-state index < -0.39 is 5.91 Å². The number of pyridine rings is 1. The fraction of sp³-hybridized carbons (Fsp3) is 0. The number of hydrogen-bond donors (Lipinski definition) is 2. The number of nitrogens with zero attached hydrogens (tertiary/aromatic N) is 2. The van der Waals surface area contributed by atoms with Crippen LogP contribution in [0.3, 0.4) is 0 Å². The lowest BCUT2D eigenvalue weighted by Gasteiger charge is -2.07. The first-order chi connectivity index (χ1) is 9.11. The van der Waals surface area contributed by atoms with E-state index in [4.69, 9.17) is 22.6 Å². The van der Waals surface area contributed by atoms with Crippen LogP contribution in [0.4, 0.5) is 11.5 Å². The molecule has 0 bridgehead atoms. The molecule has 1 heterocycles. The molecule has 0 unspecified atom stereocenters. The van der Waals surface area contributed by atoms with Crippen molar-refractivity contribution in [2.75, 3.05) is 11.1 Å². The molecule has 0 saturated carbocycles. The second-order valence-corrected chi connectivity index (χ2v) is 4.09. The molecule has 0 atom stereocenters. The van der Waals surface area contributed by atoms with Crippen LogP contribution in [0, 0.1) is 11.3 Å². The number of benzene rings is 1. The molecule has 2 rings (SSSR count). The summed E-state index contributed by atoms with van der Waals surface area (Å²) >= 11 is 5.89. The van der Waals surface area contributed by atoms with Crippen molar-refractivity contribution in [1.29, 1.82) is 5.26 Å². The first kappa shape index (κ1) is 12.9. The molecule has 1 amide bonds. The highest BCUT2D eigenvalue weighted by Crippen LogP contribution is 2.19.